The second-order valence-corrected chi connectivity index (χ2v) is 5.21. The number of pyridine rings is 1. The molecule has 2 heterocycles. The molecule has 0 fully saturated rings. The number of nitrogens with zero attached hydrogens (tertiary/aromatic N) is 2. The molecule has 0 spiro atoms. The van der Waals surface area contributed by atoms with Gasteiger partial charge in [0.05, 0.1) is 0 Å². The van der Waals surface area contributed by atoms with Crippen molar-refractivity contribution in [3.63, 3.8) is 0 Å². The highest BCUT2D eigenvalue weighted by molar-refractivity contribution is 5.95. The van der Waals surface area contributed by atoms with Gasteiger partial charge in [0.2, 0.25) is 12.7 Å². The molecule has 6 nitrogen and oxygen atoms in total. The Morgan fingerprint density at radius 2 is 2.09 bits per heavy atom. The van der Waals surface area contributed by atoms with Crippen molar-refractivity contribution in [1.82, 2.24) is 9.88 Å². The summed E-state index contributed by atoms with van der Waals surface area (Å²) in [6, 6.07) is 8.63. The Kier molecular flexibility index (Phi) is 3.93. The molecule has 0 saturated carbocycles. The van der Waals surface area contributed by atoms with Gasteiger partial charge in [0.1, 0.15) is 6.04 Å². The number of amides is 1. The van der Waals surface area contributed by atoms with Crippen LogP contribution in [0, 0.1) is 0 Å². The van der Waals surface area contributed by atoms with E-state index >= 15 is 0 Å². The number of rotatable bonds is 4. The fourth-order valence-corrected chi connectivity index (χ4v) is 2.41. The fourth-order valence-electron chi connectivity index (χ4n) is 2.41. The van der Waals surface area contributed by atoms with Gasteiger partial charge < -0.3 is 14.8 Å². The molecule has 0 radical (unpaired) electrons. The first-order valence-corrected chi connectivity index (χ1v) is 6.92. The minimum Gasteiger partial charge on any atom is -0.454 e. The quantitative estimate of drug-likeness (QED) is 0.936. The summed E-state index contributed by atoms with van der Waals surface area (Å²) in [5.41, 5.74) is 1.51. The third-order valence-corrected chi connectivity index (χ3v) is 3.41. The van der Waals surface area contributed by atoms with Crippen LogP contribution in [0.3, 0.4) is 0 Å². The Labute approximate surface area is 128 Å². The average Bonchev–Trinajstić information content (AvgIpc) is 2.95. The van der Waals surface area contributed by atoms with Gasteiger partial charge in [-0.15, -0.1) is 0 Å². The van der Waals surface area contributed by atoms with Crippen molar-refractivity contribution >= 4 is 11.6 Å². The fraction of sp³-hybridized carbons (Fsp3) is 0.250. The van der Waals surface area contributed by atoms with E-state index in [2.05, 4.69) is 10.3 Å². The van der Waals surface area contributed by atoms with E-state index in [1.807, 2.05) is 31.1 Å². The van der Waals surface area contributed by atoms with E-state index in [4.69, 9.17) is 9.47 Å². The van der Waals surface area contributed by atoms with Crippen molar-refractivity contribution in [2.45, 2.75) is 6.04 Å². The first-order chi connectivity index (χ1) is 10.6. The second kappa shape index (κ2) is 6.03. The van der Waals surface area contributed by atoms with Crippen LogP contribution >= 0.6 is 0 Å². The third kappa shape index (κ3) is 2.87. The van der Waals surface area contributed by atoms with E-state index in [-0.39, 0.29) is 12.7 Å². The number of hydrogen-bond acceptors (Lipinski definition) is 5. The zero-order chi connectivity index (χ0) is 15.5. The summed E-state index contributed by atoms with van der Waals surface area (Å²) >= 11 is 0. The molecule has 1 aromatic carbocycles. The number of carbonyl (C=O) groups excluding carboxylic acids is 1. The molecule has 1 unspecified atom stereocenters. The van der Waals surface area contributed by atoms with Gasteiger partial charge in [-0.1, -0.05) is 6.07 Å². The lowest BCUT2D eigenvalue weighted by molar-refractivity contribution is -0.120. The van der Waals surface area contributed by atoms with Gasteiger partial charge in [0, 0.05) is 24.1 Å². The minimum absolute atomic E-state index is 0.128. The lowest BCUT2D eigenvalue weighted by Gasteiger charge is -2.23. The van der Waals surface area contributed by atoms with E-state index in [1.54, 1.807) is 30.6 Å². The molecule has 6 heteroatoms. The maximum atomic E-state index is 12.6. The van der Waals surface area contributed by atoms with Gasteiger partial charge in [0.25, 0.3) is 0 Å². The number of hydrogen-bond donors (Lipinski definition) is 1. The Hall–Kier alpha value is -2.60. The van der Waals surface area contributed by atoms with Crippen LogP contribution in [-0.4, -0.2) is 36.7 Å². The van der Waals surface area contributed by atoms with Crippen LogP contribution in [0.5, 0.6) is 11.5 Å². The van der Waals surface area contributed by atoms with Crippen molar-refractivity contribution in [2.75, 3.05) is 26.2 Å². The van der Waals surface area contributed by atoms with Gasteiger partial charge in [0.15, 0.2) is 11.5 Å². The molecule has 2 aromatic rings. The van der Waals surface area contributed by atoms with Crippen LogP contribution in [0.25, 0.3) is 0 Å². The molecule has 0 aliphatic carbocycles. The number of nitrogens with one attached hydrogen (secondary N) is 1. The maximum Gasteiger partial charge on any atom is 0.246 e. The van der Waals surface area contributed by atoms with Crippen molar-refractivity contribution in [1.29, 1.82) is 0 Å². The largest absolute Gasteiger partial charge is 0.454 e. The first kappa shape index (κ1) is 14.3. The highest BCUT2D eigenvalue weighted by Crippen LogP contribution is 2.34. The lowest BCUT2D eigenvalue weighted by atomic mass is 10.1. The molecule has 1 aliphatic heterocycles. The molecule has 1 aromatic heterocycles. The Balaban J connectivity index is 1.80. The Morgan fingerprint density at radius 1 is 1.27 bits per heavy atom. The van der Waals surface area contributed by atoms with Crippen LogP contribution in [-0.2, 0) is 4.79 Å². The smallest absolute Gasteiger partial charge is 0.246 e. The summed E-state index contributed by atoms with van der Waals surface area (Å²) in [6.07, 6.45) is 3.38. The molecular weight excluding hydrogens is 282 g/mol. The highest BCUT2D eigenvalue weighted by Gasteiger charge is 2.24. The lowest BCUT2D eigenvalue weighted by Crippen LogP contribution is -2.32. The van der Waals surface area contributed by atoms with E-state index in [0.29, 0.717) is 17.2 Å². The predicted octanol–water partition coefficient (Wildman–Crippen LogP) is 2.05. The highest BCUT2D eigenvalue weighted by atomic mass is 16.7. The molecule has 114 valence electrons. The zero-order valence-electron chi connectivity index (χ0n) is 12.4. The molecule has 1 N–H and O–H groups in total. The van der Waals surface area contributed by atoms with Crippen molar-refractivity contribution in [3.05, 3.63) is 48.3 Å². The SMILES string of the molecule is CN(C)C(C(=O)Nc1ccc2c(c1)OCO2)c1cccnc1. The second-order valence-electron chi connectivity index (χ2n) is 5.21. The predicted molar refractivity (Wildman–Crippen MR) is 81.9 cm³/mol. The van der Waals surface area contributed by atoms with Gasteiger partial charge in [-0.2, -0.15) is 0 Å². The standard InChI is InChI=1S/C16H17N3O3/c1-19(2)15(11-4-3-7-17-9-11)16(20)18-12-5-6-13-14(8-12)22-10-21-13/h3-9,15H,10H2,1-2H3,(H,18,20). The zero-order valence-corrected chi connectivity index (χ0v) is 12.4. The molecule has 3 rings (SSSR count). The van der Waals surface area contributed by atoms with Crippen molar-refractivity contribution < 1.29 is 14.3 Å². The summed E-state index contributed by atoms with van der Waals surface area (Å²) in [7, 11) is 3.72. The summed E-state index contributed by atoms with van der Waals surface area (Å²) in [5, 5.41) is 2.91. The summed E-state index contributed by atoms with van der Waals surface area (Å²) in [6.45, 7) is 0.211. The van der Waals surface area contributed by atoms with Crippen molar-refractivity contribution in [2.24, 2.45) is 0 Å². The first-order valence-electron chi connectivity index (χ1n) is 6.92. The van der Waals surface area contributed by atoms with Gasteiger partial charge in [-0.3, -0.25) is 14.7 Å². The summed E-state index contributed by atoms with van der Waals surface area (Å²) < 4.78 is 10.6. The average molecular weight is 299 g/mol. The third-order valence-electron chi connectivity index (χ3n) is 3.41. The van der Waals surface area contributed by atoms with Crippen LogP contribution in [0.2, 0.25) is 0 Å². The number of anilines is 1. The van der Waals surface area contributed by atoms with Crippen LogP contribution in [0.1, 0.15) is 11.6 Å². The van der Waals surface area contributed by atoms with Crippen LogP contribution in [0.15, 0.2) is 42.7 Å². The number of aromatic nitrogens is 1. The van der Waals surface area contributed by atoms with E-state index in [9.17, 15) is 4.79 Å². The number of likely N-dealkylation sites (N-methyl/N-ethyl adjacent to an activating group) is 1. The number of ether oxygens (including phenoxy) is 2. The van der Waals surface area contributed by atoms with E-state index in [1.165, 1.54) is 0 Å². The molecule has 0 bridgehead atoms. The molecule has 1 atom stereocenters. The molecule has 1 amide bonds. The monoisotopic (exact) mass is 299 g/mol. The number of carbonyl (C=O) groups is 1. The van der Waals surface area contributed by atoms with E-state index in [0.717, 1.165) is 5.56 Å². The molecule has 0 saturated heterocycles. The Bertz CT molecular complexity index is 674. The van der Waals surface area contributed by atoms with Gasteiger partial charge in [-0.25, -0.2) is 0 Å². The maximum absolute atomic E-state index is 12.6. The molecule has 22 heavy (non-hydrogen) atoms. The van der Waals surface area contributed by atoms with E-state index < -0.39 is 6.04 Å². The van der Waals surface area contributed by atoms with Crippen LogP contribution in [0.4, 0.5) is 5.69 Å². The van der Waals surface area contributed by atoms with Gasteiger partial charge >= 0.3 is 0 Å². The van der Waals surface area contributed by atoms with Gasteiger partial charge in [-0.05, 0) is 37.9 Å². The number of fused-ring (bicyclic) bond motifs is 1. The summed E-state index contributed by atoms with van der Waals surface area (Å²) in [5.74, 6) is 1.20. The summed E-state index contributed by atoms with van der Waals surface area (Å²) in [4.78, 5) is 18.5. The van der Waals surface area contributed by atoms with Crippen molar-refractivity contribution in [3.8, 4) is 11.5 Å². The topological polar surface area (TPSA) is 63.7 Å². The Morgan fingerprint density at radius 3 is 2.82 bits per heavy atom. The minimum atomic E-state index is -0.417. The molecular formula is C16H17N3O3. The van der Waals surface area contributed by atoms with Crippen LogP contribution < -0.4 is 14.8 Å². The normalized spacial score (nSPS) is 14.0. The number of benzene rings is 1. The molecule has 1 aliphatic rings.